The lowest BCUT2D eigenvalue weighted by Gasteiger charge is -2.30. The Bertz CT molecular complexity index is 1390. The zero-order valence-corrected chi connectivity index (χ0v) is 18.8. The van der Waals surface area contributed by atoms with E-state index >= 15 is 0 Å². The molecule has 0 saturated carbocycles. The Kier molecular flexibility index (Phi) is 5.09. The van der Waals surface area contributed by atoms with E-state index in [0.717, 1.165) is 74.2 Å². The van der Waals surface area contributed by atoms with E-state index in [1.165, 1.54) is 22.5 Å². The molecule has 0 unspecified atom stereocenters. The first kappa shape index (κ1) is 20.0. The highest BCUT2D eigenvalue weighted by Crippen LogP contribution is 2.34. The lowest BCUT2D eigenvalue weighted by atomic mass is 10.0. The van der Waals surface area contributed by atoms with Crippen molar-refractivity contribution in [3.63, 3.8) is 0 Å². The number of para-hydroxylation sites is 2. The third kappa shape index (κ3) is 3.48. The smallest absolute Gasteiger partial charge is 0.250 e. The van der Waals surface area contributed by atoms with Crippen LogP contribution in [0.3, 0.4) is 0 Å². The van der Waals surface area contributed by atoms with Crippen LogP contribution in [0, 0.1) is 11.3 Å². The van der Waals surface area contributed by atoms with Gasteiger partial charge in [-0.25, -0.2) is 0 Å². The Balaban J connectivity index is 1.31. The molecule has 6 rings (SSSR count). The summed E-state index contributed by atoms with van der Waals surface area (Å²) in [4.78, 5) is 7.76. The summed E-state index contributed by atoms with van der Waals surface area (Å²) in [5.74, 6) is 1.31. The number of pyridine rings is 1. The molecule has 0 atom stereocenters. The fourth-order valence-electron chi connectivity index (χ4n) is 5.63. The monoisotopic (exact) mass is 435 g/mol. The number of quaternary nitrogens is 1. The number of rotatable bonds is 4. The van der Waals surface area contributed by atoms with Gasteiger partial charge in [-0.1, -0.05) is 48.5 Å². The van der Waals surface area contributed by atoms with Crippen LogP contribution in [0.1, 0.15) is 28.7 Å². The molecule has 1 aliphatic carbocycles. The summed E-state index contributed by atoms with van der Waals surface area (Å²) >= 11 is 0. The summed E-state index contributed by atoms with van der Waals surface area (Å²) in [5.41, 5.74) is 7.96. The normalized spacial score (nSPS) is 16.6. The predicted molar refractivity (Wildman–Crippen MR) is 131 cm³/mol. The van der Waals surface area contributed by atoms with Gasteiger partial charge in [-0.15, -0.1) is 0 Å². The van der Waals surface area contributed by atoms with Gasteiger partial charge >= 0.3 is 0 Å². The Hall–Kier alpha value is -3.62. The van der Waals surface area contributed by atoms with Gasteiger partial charge in [0.25, 0.3) is 0 Å². The van der Waals surface area contributed by atoms with Crippen molar-refractivity contribution >= 4 is 28.6 Å². The van der Waals surface area contributed by atoms with Crippen LogP contribution < -0.4 is 14.2 Å². The van der Waals surface area contributed by atoms with Crippen molar-refractivity contribution in [3.05, 3.63) is 82.9 Å². The second-order valence-corrected chi connectivity index (χ2v) is 9.20. The molecule has 0 radical (unpaired) electrons. The van der Waals surface area contributed by atoms with Gasteiger partial charge in [0.15, 0.2) is 0 Å². The van der Waals surface area contributed by atoms with E-state index < -0.39 is 0 Å². The zero-order valence-electron chi connectivity index (χ0n) is 18.8. The minimum absolute atomic E-state index is 0.831. The first-order valence-corrected chi connectivity index (χ1v) is 12.0. The number of nitrogens with zero attached hydrogens (tertiary/aromatic N) is 3. The third-order valence-corrected chi connectivity index (χ3v) is 7.26. The first-order valence-electron chi connectivity index (χ1n) is 12.0. The summed E-state index contributed by atoms with van der Waals surface area (Å²) in [5, 5.41) is 10.0. The fraction of sp³-hybridized carbons (Fsp3) is 0.286. The number of imidazole rings is 1. The summed E-state index contributed by atoms with van der Waals surface area (Å²) in [6.45, 7) is 5.38. The minimum atomic E-state index is 0.831. The molecule has 3 heterocycles. The van der Waals surface area contributed by atoms with E-state index in [0.29, 0.717) is 0 Å². The number of aromatic amines is 1. The number of benzene rings is 2. The minimum Gasteiger partial charge on any atom is -0.326 e. The summed E-state index contributed by atoms with van der Waals surface area (Å²) in [7, 11) is 0. The van der Waals surface area contributed by atoms with Crippen LogP contribution in [0.25, 0.3) is 22.8 Å². The molecule has 0 amide bonds. The highest BCUT2D eigenvalue weighted by atomic mass is 15.3. The van der Waals surface area contributed by atoms with Crippen LogP contribution in [0.4, 0.5) is 5.82 Å². The second-order valence-electron chi connectivity index (χ2n) is 9.20. The van der Waals surface area contributed by atoms with Crippen LogP contribution >= 0.6 is 0 Å². The standard InChI is InChI=1S/C28H27N5/c29-20-24-22-11-6-12-23(22)28(33-26-14-5-4-13-25(26)30-27(24)33)32-18-16-31(17-19-32)15-7-10-21-8-2-1-3-9-21/h1-5,7-10,13-14H,6,11-12,15-19H2/p+2. The molecule has 0 spiro atoms. The third-order valence-electron chi connectivity index (χ3n) is 7.26. The number of hydrogen-bond acceptors (Lipinski definition) is 2. The van der Waals surface area contributed by atoms with Crippen molar-refractivity contribution in [3.8, 4) is 6.07 Å². The van der Waals surface area contributed by atoms with E-state index in [1.807, 2.05) is 0 Å². The Labute approximate surface area is 194 Å². The maximum absolute atomic E-state index is 10.0. The Morgan fingerprint density at radius 3 is 2.58 bits per heavy atom. The number of H-pyrrole nitrogens is 1. The number of anilines is 1. The zero-order chi connectivity index (χ0) is 22.2. The number of fused-ring (bicyclic) bond motifs is 4. The highest BCUT2D eigenvalue weighted by Gasteiger charge is 2.35. The number of nitriles is 1. The van der Waals surface area contributed by atoms with Gasteiger partial charge in [0.05, 0.1) is 6.54 Å². The van der Waals surface area contributed by atoms with Crippen molar-refractivity contribution in [1.82, 2.24) is 4.98 Å². The average Bonchev–Trinajstić information content (AvgIpc) is 3.49. The van der Waals surface area contributed by atoms with Crippen LogP contribution in [-0.2, 0) is 12.8 Å². The van der Waals surface area contributed by atoms with Gasteiger partial charge in [-0.05, 0) is 48.6 Å². The molecular weight excluding hydrogens is 406 g/mol. The topological polar surface area (TPSA) is 51.4 Å². The molecule has 2 aromatic carbocycles. The second kappa shape index (κ2) is 8.38. The Morgan fingerprint density at radius 1 is 1.00 bits per heavy atom. The Morgan fingerprint density at radius 2 is 1.76 bits per heavy atom. The lowest BCUT2D eigenvalue weighted by molar-refractivity contribution is -0.894. The molecule has 5 heteroatoms. The molecule has 164 valence electrons. The molecule has 4 aromatic rings. The van der Waals surface area contributed by atoms with Gasteiger partial charge in [-0.2, -0.15) is 9.66 Å². The van der Waals surface area contributed by atoms with Gasteiger partial charge in [0.1, 0.15) is 48.8 Å². The van der Waals surface area contributed by atoms with Crippen LogP contribution in [0.2, 0.25) is 0 Å². The molecule has 2 aliphatic rings. The maximum atomic E-state index is 10.0. The molecule has 1 fully saturated rings. The van der Waals surface area contributed by atoms with Gasteiger partial charge in [0.2, 0.25) is 11.5 Å². The van der Waals surface area contributed by atoms with Crippen molar-refractivity contribution in [2.75, 3.05) is 37.6 Å². The van der Waals surface area contributed by atoms with Crippen molar-refractivity contribution in [2.24, 2.45) is 0 Å². The van der Waals surface area contributed by atoms with Gasteiger partial charge in [-0.3, -0.25) is 9.88 Å². The van der Waals surface area contributed by atoms with Crippen molar-refractivity contribution < 1.29 is 9.30 Å². The largest absolute Gasteiger partial charge is 0.326 e. The van der Waals surface area contributed by atoms with Crippen LogP contribution in [-0.4, -0.2) is 37.7 Å². The van der Waals surface area contributed by atoms with Crippen molar-refractivity contribution in [2.45, 2.75) is 19.3 Å². The predicted octanol–water partition coefficient (Wildman–Crippen LogP) is 2.69. The molecule has 5 nitrogen and oxygen atoms in total. The number of hydrogen-bond donors (Lipinski definition) is 2. The highest BCUT2D eigenvalue weighted by molar-refractivity contribution is 5.78. The number of nitrogens with one attached hydrogen (secondary N) is 2. The quantitative estimate of drug-likeness (QED) is 0.485. The summed E-state index contributed by atoms with van der Waals surface area (Å²) in [6, 6.07) is 21.5. The van der Waals surface area contributed by atoms with E-state index in [4.69, 9.17) is 0 Å². The van der Waals surface area contributed by atoms with E-state index in [9.17, 15) is 5.26 Å². The van der Waals surface area contributed by atoms with Crippen LogP contribution in [0.15, 0.2) is 60.7 Å². The van der Waals surface area contributed by atoms with Crippen molar-refractivity contribution in [1.29, 1.82) is 5.26 Å². The average molecular weight is 436 g/mol. The molecule has 2 N–H and O–H groups in total. The van der Waals surface area contributed by atoms with Gasteiger partial charge < -0.3 is 4.90 Å². The molecule has 2 aromatic heterocycles. The molecule has 1 saturated heterocycles. The summed E-state index contributed by atoms with van der Waals surface area (Å²) < 4.78 is 2.33. The van der Waals surface area contributed by atoms with Crippen LogP contribution in [0.5, 0.6) is 0 Å². The molecular formula is C28H29N5+2. The van der Waals surface area contributed by atoms with E-state index in [1.54, 1.807) is 4.90 Å². The lowest BCUT2D eigenvalue weighted by Crippen LogP contribution is -3.14. The molecule has 0 bridgehead atoms. The fourth-order valence-corrected chi connectivity index (χ4v) is 5.63. The number of piperazine rings is 1. The summed E-state index contributed by atoms with van der Waals surface area (Å²) in [6.07, 6.45) is 7.75. The maximum Gasteiger partial charge on any atom is 0.250 e. The SMILES string of the molecule is N#Cc1c2c(c(N3CC[NH+](CC=Cc4ccccc4)CC3)[n+]3c1[nH]c1ccccc13)CCC2. The van der Waals surface area contributed by atoms with Gasteiger partial charge in [0, 0.05) is 5.56 Å². The number of aromatic nitrogens is 2. The van der Waals surface area contributed by atoms with E-state index in [-0.39, 0.29) is 0 Å². The molecule has 1 aliphatic heterocycles. The first-order chi connectivity index (χ1) is 16.3. The molecule has 33 heavy (non-hydrogen) atoms. The van der Waals surface area contributed by atoms with E-state index in [2.05, 4.69) is 87.1 Å².